The molecule has 1 atom stereocenters. The molecule has 1 saturated heterocycles. The van der Waals surface area contributed by atoms with Gasteiger partial charge in [0.25, 0.3) is 0 Å². The van der Waals surface area contributed by atoms with E-state index in [9.17, 15) is 4.79 Å². The molecular formula is C27H35N5OS. The standard InChI is InChI=1S/C27H35N5OS/c1-4-6-23-29-25(24-21-12-7-18(3)17-22(21)34-26(24)30-23)31-13-15-32(16-14-31)27(33)28-20-10-8-19(5-2)9-11-20/h8-11,18H,4-7,12-17H2,1-3H3,(H,28,33)/t18-/m1/s1. The summed E-state index contributed by atoms with van der Waals surface area (Å²) in [7, 11) is 0. The molecule has 1 fully saturated rings. The molecule has 6 nitrogen and oxygen atoms in total. The highest BCUT2D eigenvalue weighted by Gasteiger charge is 2.28. The van der Waals surface area contributed by atoms with Gasteiger partial charge in [0, 0.05) is 43.2 Å². The summed E-state index contributed by atoms with van der Waals surface area (Å²) < 4.78 is 0. The number of urea groups is 1. The quantitative estimate of drug-likeness (QED) is 0.513. The van der Waals surface area contributed by atoms with Crippen LogP contribution in [0.1, 0.15) is 55.4 Å². The van der Waals surface area contributed by atoms with E-state index in [0.29, 0.717) is 13.1 Å². The van der Waals surface area contributed by atoms with Crippen molar-refractivity contribution in [3.63, 3.8) is 0 Å². The third-order valence-electron chi connectivity index (χ3n) is 7.14. The van der Waals surface area contributed by atoms with Crippen LogP contribution in [0.15, 0.2) is 24.3 Å². The fourth-order valence-corrected chi connectivity index (χ4v) is 6.47. The number of amides is 2. The van der Waals surface area contributed by atoms with Gasteiger partial charge in [0.1, 0.15) is 16.5 Å². The second-order valence-electron chi connectivity index (χ2n) is 9.70. The number of hydrogen-bond acceptors (Lipinski definition) is 5. The van der Waals surface area contributed by atoms with Crippen LogP contribution in [0, 0.1) is 5.92 Å². The molecule has 0 unspecified atom stereocenters. The molecule has 2 amide bonds. The van der Waals surface area contributed by atoms with Gasteiger partial charge in [0.2, 0.25) is 0 Å². The van der Waals surface area contributed by atoms with Gasteiger partial charge in [-0.25, -0.2) is 14.8 Å². The van der Waals surface area contributed by atoms with Crippen molar-refractivity contribution >= 4 is 39.1 Å². The summed E-state index contributed by atoms with van der Waals surface area (Å²) in [6.07, 6.45) is 6.47. The van der Waals surface area contributed by atoms with Crippen molar-refractivity contribution in [3.8, 4) is 0 Å². The third kappa shape index (κ3) is 4.63. The van der Waals surface area contributed by atoms with E-state index in [-0.39, 0.29) is 6.03 Å². The number of nitrogens with one attached hydrogen (secondary N) is 1. The lowest BCUT2D eigenvalue weighted by molar-refractivity contribution is 0.208. The zero-order valence-corrected chi connectivity index (χ0v) is 21.4. The lowest BCUT2D eigenvalue weighted by Crippen LogP contribution is -2.50. The first kappa shape index (κ1) is 23.1. The normalized spacial score (nSPS) is 18.3. The fraction of sp³-hybridized carbons (Fsp3) is 0.519. The molecule has 7 heteroatoms. The molecule has 2 aliphatic rings. The number of piperazine rings is 1. The summed E-state index contributed by atoms with van der Waals surface area (Å²) in [5, 5.41) is 4.34. The SMILES string of the molecule is CCCc1nc(N2CCN(C(=O)Nc3ccc(CC)cc3)CC2)c2c3c(sc2n1)C[C@H](C)CC3. The van der Waals surface area contributed by atoms with E-state index < -0.39 is 0 Å². The maximum absolute atomic E-state index is 12.9. The second-order valence-corrected chi connectivity index (χ2v) is 10.8. The summed E-state index contributed by atoms with van der Waals surface area (Å²) in [4.78, 5) is 29.9. The van der Waals surface area contributed by atoms with Crippen molar-refractivity contribution in [1.29, 1.82) is 0 Å². The van der Waals surface area contributed by atoms with Gasteiger partial charge in [-0.15, -0.1) is 11.3 Å². The predicted molar refractivity (Wildman–Crippen MR) is 141 cm³/mol. The van der Waals surface area contributed by atoms with Crippen LogP contribution in [0.2, 0.25) is 0 Å². The molecule has 5 rings (SSSR count). The van der Waals surface area contributed by atoms with Crippen LogP contribution in [0.3, 0.4) is 0 Å². The Morgan fingerprint density at radius 2 is 1.88 bits per heavy atom. The number of rotatable bonds is 5. The highest BCUT2D eigenvalue weighted by Crippen LogP contribution is 2.41. The number of nitrogens with zero attached hydrogens (tertiary/aromatic N) is 4. The smallest absolute Gasteiger partial charge is 0.321 e. The molecule has 1 aromatic carbocycles. The lowest BCUT2D eigenvalue weighted by Gasteiger charge is -2.36. The highest BCUT2D eigenvalue weighted by atomic mass is 32.1. The molecule has 1 aliphatic carbocycles. The van der Waals surface area contributed by atoms with Crippen LogP contribution < -0.4 is 10.2 Å². The van der Waals surface area contributed by atoms with Crippen LogP contribution in [-0.2, 0) is 25.7 Å². The van der Waals surface area contributed by atoms with Gasteiger partial charge >= 0.3 is 6.03 Å². The van der Waals surface area contributed by atoms with Crippen molar-refractivity contribution in [2.75, 3.05) is 36.4 Å². The summed E-state index contributed by atoms with van der Waals surface area (Å²) in [5.41, 5.74) is 3.60. The van der Waals surface area contributed by atoms with Crippen molar-refractivity contribution in [3.05, 3.63) is 46.1 Å². The second kappa shape index (κ2) is 9.90. The first-order chi connectivity index (χ1) is 16.6. The van der Waals surface area contributed by atoms with E-state index in [1.54, 1.807) is 0 Å². The van der Waals surface area contributed by atoms with Crippen molar-refractivity contribution < 1.29 is 4.79 Å². The Bertz CT molecular complexity index is 1160. The Morgan fingerprint density at radius 1 is 1.12 bits per heavy atom. The molecule has 180 valence electrons. The van der Waals surface area contributed by atoms with Crippen LogP contribution in [0.25, 0.3) is 10.2 Å². The summed E-state index contributed by atoms with van der Waals surface area (Å²) >= 11 is 1.88. The van der Waals surface area contributed by atoms with E-state index in [4.69, 9.17) is 9.97 Å². The van der Waals surface area contributed by atoms with Crippen LogP contribution >= 0.6 is 11.3 Å². The number of hydrogen-bond donors (Lipinski definition) is 1. The van der Waals surface area contributed by atoms with E-state index >= 15 is 0 Å². The summed E-state index contributed by atoms with van der Waals surface area (Å²) in [6, 6.07) is 8.10. The van der Waals surface area contributed by atoms with Crippen LogP contribution in [0.4, 0.5) is 16.3 Å². The minimum absolute atomic E-state index is 0.0229. The molecule has 3 heterocycles. The Balaban J connectivity index is 1.34. The number of anilines is 2. The van der Waals surface area contributed by atoms with Gasteiger partial charge in [0.05, 0.1) is 5.39 Å². The number of fused-ring (bicyclic) bond motifs is 3. The maximum atomic E-state index is 12.9. The Morgan fingerprint density at radius 3 is 2.59 bits per heavy atom. The number of thiophene rings is 1. The third-order valence-corrected chi connectivity index (χ3v) is 8.28. The number of carbonyl (C=O) groups is 1. The average Bonchev–Trinajstić information content (AvgIpc) is 3.21. The van der Waals surface area contributed by atoms with Gasteiger partial charge in [0.15, 0.2) is 0 Å². The highest BCUT2D eigenvalue weighted by molar-refractivity contribution is 7.19. The minimum atomic E-state index is -0.0229. The molecule has 0 spiro atoms. The zero-order valence-electron chi connectivity index (χ0n) is 20.6. The van der Waals surface area contributed by atoms with Gasteiger partial charge in [-0.1, -0.05) is 32.9 Å². The Labute approximate surface area is 206 Å². The van der Waals surface area contributed by atoms with Crippen LogP contribution in [0.5, 0.6) is 0 Å². The fourth-order valence-electron chi connectivity index (χ4n) is 5.08. The molecule has 0 bridgehead atoms. The molecule has 3 aromatic rings. The van der Waals surface area contributed by atoms with Gasteiger partial charge in [-0.2, -0.15) is 0 Å². The molecule has 34 heavy (non-hydrogen) atoms. The molecular weight excluding hydrogens is 442 g/mol. The Hall–Kier alpha value is -2.67. The molecule has 0 radical (unpaired) electrons. The molecule has 1 N–H and O–H groups in total. The largest absolute Gasteiger partial charge is 0.352 e. The first-order valence-electron chi connectivity index (χ1n) is 12.8. The lowest BCUT2D eigenvalue weighted by atomic mass is 9.89. The van der Waals surface area contributed by atoms with Gasteiger partial charge in [-0.05, 0) is 61.3 Å². The van der Waals surface area contributed by atoms with Gasteiger partial charge in [-0.3, -0.25) is 0 Å². The van der Waals surface area contributed by atoms with E-state index in [1.165, 1.54) is 27.8 Å². The summed E-state index contributed by atoms with van der Waals surface area (Å²) in [6.45, 7) is 9.64. The van der Waals surface area contributed by atoms with Crippen molar-refractivity contribution in [2.45, 2.75) is 59.3 Å². The van der Waals surface area contributed by atoms with E-state index in [0.717, 1.165) is 73.3 Å². The van der Waals surface area contributed by atoms with E-state index in [1.807, 2.05) is 28.4 Å². The predicted octanol–water partition coefficient (Wildman–Crippen LogP) is 5.69. The topological polar surface area (TPSA) is 61.4 Å². The minimum Gasteiger partial charge on any atom is -0.352 e. The average molecular weight is 478 g/mol. The van der Waals surface area contributed by atoms with Gasteiger partial charge < -0.3 is 15.1 Å². The molecule has 1 aliphatic heterocycles. The Kier molecular flexibility index (Phi) is 6.73. The zero-order chi connectivity index (χ0) is 23.7. The maximum Gasteiger partial charge on any atom is 0.321 e. The van der Waals surface area contributed by atoms with Crippen molar-refractivity contribution in [1.82, 2.24) is 14.9 Å². The summed E-state index contributed by atoms with van der Waals surface area (Å²) in [5.74, 6) is 2.79. The molecule has 0 saturated carbocycles. The number of aromatic nitrogens is 2. The number of benzene rings is 1. The first-order valence-corrected chi connectivity index (χ1v) is 13.6. The monoisotopic (exact) mass is 477 g/mol. The van der Waals surface area contributed by atoms with E-state index in [2.05, 4.69) is 43.1 Å². The number of aryl methyl sites for hydroxylation is 3. The van der Waals surface area contributed by atoms with Crippen LogP contribution in [-0.4, -0.2) is 47.1 Å². The van der Waals surface area contributed by atoms with Crippen molar-refractivity contribution in [2.24, 2.45) is 5.92 Å². The number of carbonyl (C=O) groups excluding carboxylic acids is 1. The molecule has 2 aromatic heterocycles.